The average Bonchev–Trinajstić information content (AvgIpc) is 2.57. The predicted octanol–water partition coefficient (Wildman–Crippen LogP) is -0.998. The van der Waals surface area contributed by atoms with E-state index in [-0.39, 0.29) is 31.8 Å². The molecule has 0 saturated heterocycles. The van der Waals surface area contributed by atoms with Crippen molar-refractivity contribution in [3.63, 3.8) is 0 Å². The average molecular weight is 366 g/mol. The molecule has 0 aromatic heterocycles. The lowest BCUT2D eigenvalue weighted by Crippen LogP contribution is -2.49. The number of hydrogen-bond acceptors (Lipinski definition) is 6. The molecule has 1 aromatic carbocycles. The number of rotatable bonds is 10. The third kappa shape index (κ3) is 8.06. The Balaban J connectivity index is 2.47. The summed E-state index contributed by atoms with van der Waals surface area (Å²) < 4.78 is 0. The zero-order valence-electron chi connectivity index (χ0n) is 14.0. The summed E-state index contributed by atoms with van der Waals surface area (Å²) in [7, 11) is 0. The summed E-state index contributed by atoms with van der Waals surface area (Å²) in [6.07, 6.45) is 0.617. The summed E-state index contributed by atoms with van der Waals surface area (Å²) in [6.45, 7) is 0.0718. The first-order chi connectivity index (χ1) is 12.3. The smallest absolute Gasteiger partial charge is 0.326 e. The SMILES string of the molecule is NC(=NCCC[C@@H](NC(=O)[C@H](N)Cc1ccccc1)C(=O)O)N[N+](=O)[O-]. The number of carboxylic acids is 1. The van der Waals surface area contributed by atoms with Crippen molar-refractivity contribution in [2.45, 2.75) is 31.3 Å². The molecular formula is C15H22N6O5. The summed E-state index contributed by atoms with van der Waals surface area (Å²) in [5, 5.41) is 20.9. The first-order valence-corrected chi connectivity index (χ1v) is 7.83. The number of guanidine groups is 1. The molecule has 0 saturated carbocycles. The van der Waals surface area contributed by atoms with Gasteiger partial charge in [0.25, 0.3) is 5.96 Å². The molecule has 0 spiro atoms. The molecule has 0 bridgehead atoms. The Bertz CT molecular complexity index is 651. The van der Waals surface area contributed by atoms with Crippen molar-refractivity contribution in [2.24, 2.45) is 16.5 Å². The van der Waals surface area contributed by atoms with Crippen LogP contribution < -0.4 is 22.2 Å². The van der Waals surface area contributed by atoms with Crippen LogP contribution in [0, 0.1) is 10.1 Å². The topological polar surface area (TPSA) is 186 Å². The second-order valence-corrected chi connectivity index (χ2v) is 5.47. The Kier molecular flexibility index (Phi) is 8.50. The number of nitrogens with zero attached hydrogens (tertiary/aromatic N) is 2. The fourth-order valence-corrected chi connectivity index (χ4v) is 2.12. The molecule has 1 rings (SSSR count). The van der Waals surface area contributed by atoms with Crippen LogP contribution in [-0.4, -0.2) is 46.6 Å². The lowest BCUT2D eigenvalue weighted by atomic mass is 10.1. The van der Waals surface area contributed by atoms with Crippen molar-refractivity contribution < 1.29 is 19.7 Å². The number of carboxylic acid groups (broad SMARTS) is 1. The molecular weight excluding hydrogens is 344 g/mol. The van der Waals surface area contributed by atoms with Crippen LogP contribution in [0.25, 0.3) is 0 Å². The highest BCUT2D eigenvalue weighted by molar-refractivity contribution is 5.87. The molecule has 26 heavy (non-hydrogen) atoms. The van der Waals surface area contributed by atoms with Gasteiger partial charge < -0.3 is 21.9 Å². The summed E-state index contributed by atoms with van der Waals surface area (Å²) in [4.78, 5) is 37.2. The van der Waals surface area contributed by atoms with E-state index in [0.29, 0.717) is 0 Å². The maximum absolute atomic E-state index is 12.1. The number of nitrogens with two attached hydrogens (primary N) is 2. The minimum absolute atomic E-state index is 0.0718. The van der Waals surface area contributed by atoms with Crippen molar-refractivity contribution >= 4 is 17.8 Å². The van der Waals surface area contributed by atoms with Gasteiger partial charge in [-0.2, -0.15) is 0 Å². The number of benzene rings is 1. The minimum atomic E-state index is -1.20. The molecule has 0 aliphatic rings. The third-order valence-electron chi connectivity index (χ3n) is 3.39. The molecule has 11 nitrogen and oxygen atoms in total. The maximum Gasteiger partial charge on any atom is 0.326 e. The predicted molar refractivity (Wildman–Crippen MR) is 93.5 cm³/mol. The van der Waals surface area contributed by atoms with Crippen LogP contribution in [0.1, 0.15) is 18.4 Å². The van der Waals surface area contributed by atoms with Gasteiger partial charge in [0.05, 0.1) is 6.04 Å². The molecule has 0 aliphatic carbocycles. The molecule has 142 valence electrons. The quantitative estimate of drug-likeness (QED) is 0.115. The molecule has 11 heteroatoms. The monoisotopic (exact) mass is 366 g/mol. The Morgan fingerprint density at radius 2 is 1.96 bits per heavy atom. The molecule has 2 atom stereocenters. The Labute approximate surface area is 149 Å². The van der Waals surface area contributed by atoms with Gasteiger partial charge in [-0.15, -0.1) is 0 Å². The van der Waals surface area contributed by atoms with Gasteiger partial charge in [-0.05, 0) is 24.8 Å². The van der Waals surface area contributed by atoms with Crippen LogP contribution in [0.15, 0.2) is 35.3 Å². The lowest BCUT2D eigenvalue weighted by Gasteiger charge is -2.17. The highest BCUT2D eigenvalue weighted by Crippen LogP contribution is 2.04. The van der Waals surface area contributed by atoms with Crippen molar-refractivity contribution in [3.05, 3.63) is 46.0 Å². The number of hydrogen-bond donors (Lipinski definition) is 5. The van der Waals surface area contributed by atoms with E-state index in [1.54, 1.807) is 5.43 Å². The molecule has 0 aliphatic heterocycles. The van der Waals surface area contributed by atoms with Crippen molar-refractivity contribution in [1.82, 2.24) is 10.7 Å². The summed E-state index contributed by atoms with van der Waals surface area (Å²) in [5.41, 5.74) is 13.6. The Hall–Kier alpha value is -3.21. The summed E-state index contributed by atoms with van der Waals surface area (Å²) >= 11 is 0. The molecule has 0 unspecified atom stereocenters. The maximum atomic E-state index is 12.1. The van der Waals surface area contributed by atoms with Gasteiger partial charge in [0.2, 0.25) is 5.91 Å². The largest absolute Gasteiger partial charge is 0.480 e. The van der Waals surface area contributed by atoms with E-state index < -0.39 is 29.0 Å². The van der Waals surface area contributed by atoms with Gasteiger partial charge in [0.15, 0.2) is 5.03 Å². The molecule has 7 N–H and O–H groups in total. The number of carbonyl (C=O) groups is 2. The van der Waals surface area contributed by atoms with Crippen molar-refractivity contribution in [2.75, 3.05) is 6.54 Å². The summed E-state index contributed by atoms with van der Waals surface area (Å²) in [6, 6.07) is 7.11. The zero-order valence-corrected chi connectivity index (χ0v) is 14.0. The van der Waals surface area contributed by atoms with Crippen LogP contribution in [0.2, 0.25) is 0 Å². The summed E-state index contributed by atoms with van der Waals surface area (Å²) in [5.74, 6) is -2.15. The molecule has 1 aromatic rings. The molecule has 0 fully saturated rings. The number of nitrogens with one attached hydrogen (secondary N) is 2. The lowest BCUT2D eigenvalue weighted by molar-refractivity contribution is -0.525. The minimum Gasteiger partial charge on any atom is -0.480 e. The highest BCUT2D eigenvalue weighted by Gasteiger charge is 2.23. The number of amides is 1. The van der Waals surface area contributed by atoms with Crippen LogP contribution in [0.4, 0.5) is 0 Å². The number of carbonyl (C=O) groups excluding carboxylic acids is 1. The number of aliphatic imine (C=N–C) groups is 1. The van der Waals surface area contributed by atoms with Crippen LogP contribution in [0.3, 0.4) is 0 Å². The first kappa shape index (κ1) is 20.8. The molecule has 1 amide bonds. The third-order valence-corrected chi connectivity index (χ3v) is 3.39. The van der Waals surface area contributed by atoms with Crippen LogP contribution >= 0.6 is 0 Å². The highest BCUT2D eigenvalue weighted by atomic mass is 16.7. The van der Waals surface area contributed by atoms with E-state index in [0.717, 1.165) is 5.56 Å². The van der Waals surface area contributed by atoms with Crippen molar-refractivity contribution in [1.29, 1.82) is 0 Å². The fourth-order valence-electron chi connectivity index (χ4n) is 2.12. The number of nitro groups is 1. The Morgan fingerprint density at radius 3 is 2.54 bits per heavy atom. The van der Waals surface area contributed by atoms with Gasteiger partial charge in [-0.3, -0.25) is 4.79 Å². The fraction of sp³-hybridized carbons (Fsp3) is 0.400. The van der Waals surface area contributed by atoms with E-state index in [1.165, 1.54) is 0 Å². The number of aliphatic carboxylic acids is 1. The van der Waals surface area contributed by atoms with Gasteiger partial charge in [-0.1, -0.05) is 35.8 Å². The second-order valence-electron chi connectivity index (χ2n) is 5.47. The van der Waals surface area contributed by atoms with Crippen LogP contribution in [-0.2, 0) is 16.0 Å². The normalized spacial score (nSPS) is 13.5. The van der Waals surface area contributed by atoms with E-state index in [2.05, 4.69) is 10.3 Å². The van der Waals surface area contributed by atoms with E-state index in [1.807, 2.05) is 30.3 Å². The van der Waals surface area contributed by atoms with Gasteiger partial charge in [-0.25, -0.2) is 19.9 Å². The molecule has 0 heterocycles. The number of hydrazine groups is 1. The van der Waals surface area contributed by atoms with E-state index >= 15 is 0 Å². The van der Waals surface area contributed by atoms with Crippen LogP contribution in [0.5, 0.6) is 0 Å². The zero-order chi connectivity index (χ0) is 19.5. The van der Waals surface area contributed by atoms with Crippen molar-refractivity contribution in [3.8, 4) is 0 Å². The first-order valence-electron chi connectivity index (χ1n) is 7.83. The van der Waals surface area contributed by atoms with E-state index in [4.69, 9.17) is 11.5 Å². The van der Waals surface area contributed by atoms with Gasteiger partial charge in [0, 0.05) is 6.54 Å². The standard InChI is InChI=1S/C15H22N6O5/c16-11(9-10-5-2-1-3-6-10)13(22)19-12(14(23)24)7-4-8-18-15(17)20-21(25)26/h1-3,5-6,11-12H,4,7-9,16H2,(H,19,22)(H,23,24)(H3,17,18,20)/t11-,12-/m1/s1. The second kappa shape index (κ2) is 10.6. The van der Waals surface area contributed by atoms with Gasteiger partial charge >= 0.3 is 5.97 Å². The van der Waals surface area contributed by atoms with E-state index in [9.17, 15) is 24.8 Å². The van der Waals surface area contributed by atoms with Gasteiger partial charge in [0.1, 0.15) is 6.04 Å². The molecule has 0 radical (unpaired) electrons. The Morgan fingerprint density at radius 1 is 1.31 bits per heavy atom.